The number of carbonyl (C=O) groups excluding carboxylic acids is 1. The first-order valence-electron chi connectivity index (χ1n) is 5.94. The van der Waals surface area contributed by atoms with Crippen LogP contribution in [-0.4, -0.2) is 10.8 Å². The molecule has 2 aromatic carbocycles. The lowest BCUT2D eigenvalue weighted by Crippen LogP contribution is -2.24. The number of nitrogens with zero attached hydrogens (tertiary/aromatic N) is 1. The summed E-state index contributed by atoms with van der Waals surface area (Å²) in [5.74, 6) is -0.499. The molecule has 0 aromatic heterocycles. The maximum atomic E-state index is 12.0. The van der Waals surface area contributed by atoms with Gasteiger partial charge in [-0.3, -0.25) is 14.9 Å². The van der Waals surface area contributed by atoms with Gasteiger partial charge < -0.3 is 11.1 Å². The molecule has 102 valence electrons. The first kappa shape index (κ1) is 13.5. The Kier molecular flexibility index (Phi) is 3.95. The molecule has 0 heterocycles. The molecular formula is C14H13N3O3. The quantitative estimate of drug-likeness (QED) is 0.505. The van der Waals surface area contributed by atoms with Gasteiger partial charge in [-0.1, -0.05) is 30.3 Å². The highest BCUT2D eigenvalue weighted by Gasteiger charge is 2.18. The molecule has 0 aliphatic rings. The summed E-state index contributed by atoms with van der Waals surface area (Å²) in [4.78, 5) is 22.3. The van der Waals surface area contributed by atoms with Crippen molar-refractivity contribution in [2.75, 3.05) is 5.73 Å². The lowest BCUT2D eigenvalue weighted by atomic mass is 10.1. The molecule has 0 atom stereocenters. The van der Waals surface area contributed by atoms with Gasteiger partial charge in [-0.05, 0) is 17.7 Å². The topological polar surface area (TPSA) is 98.3 Å². The Bertz CT molecular complexity index is 656. The molecule has 0 radical (unpaired) electrons. The smallest absolute Gasteiger partial charge is 0.282 e. The van der Waals surface area contributed by atoms with E-state index in [1.165, 1.54) is 18.2 Å². The van der Waals surface area contributed by atoms with Crippen molar-refractivity contribution in [3.8, 4) is 0 Å². The number of nitro benzene ring substituents is 1. The zero-order valence-electron chi connectivity index (χ0n) is 10.6. The van der Waals surface area contributed by atoms with Crippen LogP contribution < -0.4 is 11.1 Å². The highest BCUT2D eigenvalue weighted by atomic mass is 16.6. The van der Waals surface area contributed by atoms with Crippen LogP contribution in [0.1, 0.15) is 15.9 Å². The van der Waals surface area contributed by atoms with Gasteiger partial charge in [0.25, 0.3) is 11.6 Å². The standard InChI is InChI=1S/C14H13N3O3/c15-12-7-3-1-5-10(12)9-16-14(18)11-6-2-4-8-13(11)17(19)20/h1-8H,9,15H2,(H,16,18). The first-order valence-corrected chi connectivity index (χ1v) is 5.94. The summed E-state index contributed by atoms with van der Waals surface area (Å²) in [6, 6.07) is 12.9. The number of nitrogen functional groups attached to an aromatic ring is 1. The molecule has 0 aliphatic carbocycles. The maximum absolute atomic E-state index is 12.0. The van der Waals surface area contributed by atoms with Crippen molar-refractivity contribution in [1.82, 2.24) is 5.32 Å². The van der Waals surface area contributed by atoms with Gasteiger partial charge in [0, 0.05) is 18.3 Å². The van der Waals surface area contributed by atoms with E-state index in [0.29, 0.717) is 5.69 Å². The monoisotopic (exact) mass is 271 g/mol. The maximum Gasteiger partial charge on any atom is 0.282 e. The second-order valence-corrected chi connectivity index (χ2v) is 4.16. The number of anilines is 1. The summed E-state index contributed by atoms with van der Waals surface area (Å²) < 4.78 is 0. The predicted octanol–water partition coefficient (Wildman–Crippen LogP) is 2.11. The zero-order chi connectivity index (χ0) is 14.5. The second-order valence-electron chi connectivity index (χ2n) is 4.16. The van der Waals surface area contributed by atoms with Crippen LogP contribution in [0.5, 0.6) is 0 Å². The Morgan fingerprint density at radius 3 is 2.50 bits per heavy atom. The summed E-state index contributed by atoms with van der Waals surface area (Å²) in [5, 5.41) is 13.5. The number of nitrogens with one attached hydrogen (secondary N) is 1. The van der Waals surface area contributed by atoms with Gasteiger partial charge in [-0.15, -0.1) is 0 Å². The number of amides is 1. The van der Waals surface area contributed by atoms with E-state index >= 15 is 0 Å². The summed E-state index contributed by atoms with van der Waals surface area (Å²) in [6.07, 6.45) is 0. The molecule has 0 fully saturated rings. The third-order valence-corrected chi connectivity index (χ3v) is 2.84. The van der Waals surface area contributed by atoms with E-state index in [1.807, 2.05) is 6.07 Å². The van der Waals surface area contributed by atoms with E-state index in [4.69, 9.17) is 5.73 Å². The molecule has 6 nitrogen and oxygen atoms in total. The fraction of sp³-hybridized carbons (Fsp3) is 0.0714. The van der Waals surface area contributed by atoms with E-state index in [0.717, 1.165) is 5.56 Å². The molecule has 2 aromatic rings. The van der Waals surface area contributed by atoms with Crippen LogP contribution in [0.15, 0.2) is 48.5 Å². The lowest BCUT2D eigenvalue weighted by Gasteiger charge is -2.07. The molecule has 2 rings (SSSR count). The fourth-order valence-electron chi connectivity index (χ4n) is 1.79. The lowest BCUT2D eigenvalue weighted by molar-refractivity contribution is -0.385. The highest BCUT2D eigenvalue weighted by molar-refractivity contribution is 5.98. The second kappa shape index (κ2) is 5.83. The molecule has 6 heteroatoms. The van der Waals surface area contributed by atoms with Gasteiger partial charge in [0.2, 0.25) is 0 Å². The van der Waals surface area contributed by atoms with Crippen LogP contribution in [0, 0.1) is 10.1 Å². The molecule has 0 bridgehead atoms. The Labute approximate surface area is 115 Å². The number of benzene rings is 2. The van der Waals surface area contributed by atoms with Crippen molar-refractivity contribution in [2.24, 2.45) is 0 Å². The minimum absolute atomic E-state index is 0.0343. The molecule has 0 aliphatic heterocycles. The molecule has 1 amide bonds. The molecule has 0 saturated carbocycles. The Balaban J connectivity index is 2.14. The van der Waals surface area contributed by atoms with Crippen LogP contribution in [0.4, 0.5) is 11.4 Å². The Morgan fingerprint density at radius 1 is 1.15 bits per heavy atom. The molecule has 3 N–H and O–H groups in total. The van der Waals surface area contributed by atoms with Crippen LogP contribution in [0.2, 0.25) is 0 Å². The largest absolute Gasteiger partial charge is 0.398 e. The molecule has 20 heavy (non-hydrogen) atoms. The number of carbonyl (C=O) groups is 1. The van der Waals surface area contributed by atoms with E-state index in [-0.39, 0.29) is 17.8 Å². The van der Waals surface area contributed by atoms with Gasteiger partial charge in [-0.25, -0.2) is 0 Å². The van der Waals surface area contributed by atoms with E-state index in [1.54, 1.807) is 24.3 Å². The Morgan fingerprint density at radius 2 is 1.80 bits per heavy atom. The van der Waals surface area contributed by atoms with E-state index < -0.39 is 10.8 Å². The summed E-state index contributed by atoms with van der Waals surface area (Å²) in [5.41, 5.74) is 6.91. The third kappa shape index (κ3) is 2.92. The van der Waals surface area contributed by atoms with Crippen molar-refractivity contribution >= 4 is 17.3 Å². The number of para-hydroxylation sites is 2. The predicted molar refractivity (Wildman–Crippen MR) is 75.1 cm³/mol. The first-order chi connectivity index (χ1) is 9.59. The summed E-state index contributed by atoms with van der Waals surface area (Å²) >= 11 is 0. The number of hydrogen-bond acceptors (Lipinski definition) is 4. The number of nitro groups is 1. The highest BCUT2D eigenvalue weighted by Crippen LogP contribution is 2.18. The average Bonchev–Trinajstić information content (AvgIpc) is 2.46. The van der Waals surface area contributed by atoms with Crippen LogP contribution in [0.25, 0.3) is 0 Å². The number of nitrogens with two attached hydrogens (primary N) is 1. The van der Waals surface area contributed by atoms with Crippen molar-refractivity contribution in [1.29, 1.82) is 0 Å². The number of hydrogen-bond donors (Lipinski definition) is 2. The van der Waals surface area contributed by atoms with Crippen molar-refractivity contribution in [3.05, 3.63) is 69.8 Å². The van der Waals surface area contributed by atoms with Crippen molar-refractivity contribution in [3.63, 3.8) is 0 Å². The summed E-state index contributed by atoms with van der Waals surface area (Å²) in [6.45, 7) is 0.220. The molecule has 0 saturated heterocycles. The number of rotatable bonds is 4. The SMILES string of the molecule is Nc1ccccc1CNC(=O)c1ccccc1[N+](=O)[O-]. The van der Waals surface area contributed by atoms with Crippen LogP contribution in [0.3, 0.4) is 0 Å². The average molecular weight is 271 g/mol. The van der Waals surface area contributed by atoms with Crippen LogP contribution in [-0.2, 0) is 6.54 Å². The van der Waals surface area contributed by atoms with E-state index in [9.17, 15) is 14.9 Å². The summed E-state index contributed by atoms with van der Waals surface area (Å²) in [7, 11) is 0. The Hall–Kier alpha value is -2.89. The fourth-order valence-corrected chi connectivity index (χ4v) is 1.79. The van der Waals surface area contributed by atoms with Gasteiger partial charge in [0.05, 0.1) is 4.92 Å². The zero-order valence-corrected chi connectivity index (χ0v) is 10.6. The van der Waals surface area contributed by atoms with Crippen molar-refractivity contribution < 1.29 is 9.72 Å². The van der Waals surface area contributed by atoms with Crippen molar-refractivity contribution in [2.45, 2.75) is 6.54 Å². The van der Waals surface area contributed by atoms with E-state index in [2.05, 4.69) is 5.32 Å². The van der Waals surface area contributed by atoms with Gasteiger partial charge >= 0.3 is 0 Å². The molecule has 0 unspecified atom stereocenters. The van der Waals surface area contributed by atoms with Gasteiger partial charge in [0.15, 0.2) is 0 Å². The minimum atomic E-state index is -0.578. The third-order valence-electron chi connectivity index (χ3n) is 2.84. The molecule has 0 spiro atoms. The molecular weight excluding hydrogens is 258 g/mol. The van der Waals surface area contributed by atoms with Gasteiger partial charge in [-0.2, -0.15) is 0 Å². The van der Waals surface area contributed by atoms with Gasteiger partial charge in [0.1, 0.15) is 5.56 Å². The van der Waals surface area contributed by atoms with Crippen LogP contribution >= 0.6 is 0 Å². The minimum Gasteiger partial charge on any atom is -0.398 e. The normalized spacial score (nSPS) is 10.0.